The van der Waals surface area contributed by atoms with E-state index in [0.29, 0.717) is 40.4 Å². The minimum absolute atomic E-state index is 0.0551. The molecule has 202 valence electrons. The fraction of sp³-hybridized carbons (Fsp3) is 0.241. The first-order chi connectivity index (χ1) is 18.8. The fourth-order valence-corrected chi connectivity index (χ4v) is 4.28. The SMILES string of the molecule is CCOc1cc(C(C(=O)NCc2cccc(B(O)O)c2)N(N)c2ccc3cnccc3c2)ccc1OC(C)C. The van der Waals surface area contributed by atoms with E-state index < -0.39 is 13.2 Å². The van der Waals surface area contributed by atoms with Gasteiger partial charge in [-0.15, -0.1) is 0 Å². The van der Waals surface area contributed by atoms with Crippen molar-refractivity contribution >= 4 is 34.9 Å². The number of pyridine rings is 1. The molecule has 0 spiro atoms. The lowest BCUT2D eigenvalue weighted by Crippen LogP contribution is -2.44. The zero-order valence-electron chi connectivity index (χ0n) is 22.2. The Bertz CT molecular complexity index is 1430. The number of carbonyl (C=O) groups excluding carboxylic acids is 1. The number of carbonyl (C=O) groups is 1. The van der Waals surface area contributed by atoms with E-state index in [1.54, 1.807) is 54.9 Å². The molecule has 0 aliphatic rings. The molecule has 0 aliphatic heterocycles. The summed E-state index contributed by atoms with van der Waals surface area (Å²) in [6, 6.07) is 18.7. The van der Waals surface area contributed by atoms with Gasteiger partial charge in [-0.1, -0.05) is 36.4 Å². The number of fused-ring (bicyclic) bond motifs is 1. The highest BCUT2D eigenvalue weighted by molar-refractivity contribution is 6.58. The Balaban J connectivity index is 1.69. The van der Waals surface area contributed by atoms with Crippen LogP contribution < -0.4 is 31.1 Å². The summed E-state index contributed by atoms with van der Waals surface area (Å²) in [5.41, 5.74) is 2.31. The number of hydrazine groups is 1. The van der Waals surface area contributed by atoms with Crippen molar-refractivity contribution < 1.29 is 24.3 Å². The van der Waals surface area contributed by atoms with Gasteiger partial charge < -0.3 is 24.8 Å². The zero-order chi connectivity index (χ0) is 27.9. The first kappa shape index (κ1) is 27.9. The topological polar surface area (TPSA) is 130 Å². The molecule has 0 radical (unpaired) electrons. The van der Waals surface area contributed by atoms with E-state index in [9.17, 15) is 14.8 Å². The van der Waals surface area contributed by atoms with E-state index in [4.69, 9.17) is 15.3 Å². The molecule has 3 aromatic carbocycles. The number of aromatic nitrogens is 1. The molecule has 9 nitrogen and oxygen atoms in total. The second-order valence-corrected chi connectivity index (χ2v) is 9.36. The molecular formula is C29H33BN4O5. The number of rotatable bonds is 11. The number of hydrogen-bond donors (Lipinski definition) is 4. The second-order valence-electron chi connectivity index (χ2n) is 9.36. The number of hydrogen-bond acceptors (Lipinski definition) is 8. The summed E-state index contributed by atoms with van der Waals surface area (Å²) < 4.78 is 11.8. The van der Waals surface area contributed by atoms with Gasteiger partial charge in [-0.05, 0) is 73.1 Å². The maximum Gasteiger partial charge on any atom is 0.488 e. The van der Waals surface area contributed by atoms with Gasteiger partial charge in [0.1, 0.15) is 6.04 Å². The van der Waals surface area contributed by atoms with E-state index in [1.807, 2.05) is 45.0 Å². The van der Waals surface area contributed by atoms with Gasteiger partial charge in [-0.25, -0.2) is 5.84 Å². The van der Waals surface area contributed by atoms with Crippen molar-refractivity contribution in [2.75, 3.05) is 11.6 Å². The van der Waals surface area contributed by atoms with Crippen LogP contribution in [0.1, 0.15) is 37.9 Å². The van der Waals surface area contributed by atoms with Crippen molar-refractivity contribution in [3.05, 3.63) is 90.3 Å². The van der Waals surface area contributed by atoms with Gasteiger partial charge in [0.2, 0.25) is 5.91 Å². The van der Waals surface area contributed by atoms with Crippen molar-refractivity contribution in [2.45, 2.75) is 39.5 Å². The lowest BCUT2D eigenvalue weighted by Gasteiger charge is -2.29. The predicted molar refractivity (Wildman–Crippen MR) is 153 cm³/mol. The molecule has 0 aliphatic carbocycles. The average Bonchev–Trinajstić information content (AvgIpc) is 2.93. The van der Waals surface area contributed by atoms with Crippen molar-refractivity contribution in [1.29, 1.82) is 0 Å². The summed E-state index contributed by atoms with van der Waals surface area (Å²) in [6.45, 7) is 6.34. The van der Waals surface area contributed by atoms with Crippen molar-refractivity contribution in [3.63, 3.8) is 0 Å². The van der Waals surface area contributed by atoms with Gasteiger partial charge >= 0.3 is 7.12 Å². The number of ether oxygens (including phenoxy) is 2. The number of amides is 1. The van der Waals surface area contributed by atoms with Crippen LogP contribution in [0.3, 0.4) is 0 Å². The van der Waals surface area contributed by atoms with Gasteiger partial charge in [0.25, 0.3) is 0 Å². The van der Waals surface area contributed by atoms with Crippen LogP contribution in [0.25, 0.3) is 10.8 Å². The van der Waals surface area contributed by atoms with Crippen LogP contribution in [-0.2, 0) is 11.3 Å². The number of nitrogens with zero attached hydrogens (tertiary/aromatic N) is 2. The smallest absolute Gasteiger partial charge is 0.488 e. The lowest BCUT2D eigenvalue weighted by molar-refractivity contribution is -0.122. The summed E-state index contributed by atoms with van der Waals surface area (Å²) in [5.74, 6) is 7.41. The van der Waals surface area contributed by atoms with Gasteiger partial charge in [0, 0.05) is 24.3 Å². The molecule has 4 aromatic rings. The molecule has 1 unspecified atom stereocenters. The monoisotopic (exact) mass is 528 g/mol. The Labute approximate surface area is 228 Å². The zero-order valence-corrected chi connectivity index (χ0v) is 22.2. The molecule has 4 rings (SSSR count). The first-order valence-electron chi connectivity index (χ1n) is 12.8. The number of nitrogens with two attached hydrogens (primary N) is 1. The van der Waals surface area contributed by atoms with E-state index in [0.717, 1.165) is 10.8 Å². The third kappa shape index (κ3) is 6.86. The number of nitrogens with one attached hydrogen (secondary N) is 1. The molecular weight excluding hydrogens is 495 g/mol. The van der Waals surface area contributed by atoms with Crippen LogP contribution in [0.15, 0.2) is 79.1 Å². The molecule has 1 amide bonds. The van der Waals surface area contributed by atoms with Crippen LogP contribution in [0.2, 0.25) is 0 Å². The molecule has 0 fully saturated rings. The molecule has 0 saturated carbocycles. The minimum atomic E-state index is -1.60. The summed E-state index contributed by atoms with van der Waals surface area (Å²) in [6.07, 6.45) is 3.42. The molecule has 1 heterocycles. The van der Waals surface area contributed by atoms with E-state index >= 15 is 0 Å². The highest BCUT2D eigenvalue weighted by atomic mass is 16.5. The third-order valence-electron chi connectivity index (χ3n) is 6.11. The maximum atomic E-state index is 13.7. The van der Waals surface area contributed by atoms with Crippen molar-refractivity contribution in [2.24, 2.45) is 5.84 Å². The maximum absolute atomic E-state index is 13.7. The summed E-state index contributed by atoms with van der Waals surface area (Å²) >= 11 is 0. The van der Waals surface area contributed by atoms with Crippen LogP contribution in [0.4, 0.5) is 5.69 Å². The molecule has 5 N–H and O–H groups in total. The lowest BCUT2D eigenvalue weighted by atomic mass is 9.79. The Kier molecular flexibility index (Phi) is 9.03. The number of anilines is 1. The first-order valence-corrected chi connectivity index (χ1v) is 12.8. The molecule has 0 bridgehead atoms. The number of benzene rings is 3. The molecule has 1 aromatic heterocycles. The highest BCUT2D eigenvalue weighted by Crippen LogP contribution is 2.34. The minimum Gasteiger partial charge on any atom is -0.490 e. The second kappa shape index (κ2) is 12.6. The summed E-state index contributed by atoms with van der Waals surface area (Å²) in [5, 5.41) is 25.3. The molecule has 0 saturated heterocycles. The van der Waals surface area contributed by atoms with Gasteiger partial charge in [0.05, 0.1) is 18.4 Å². The quantitative estimate of drug-likeness (QED) is 0.133. The Morgan fingerprint density at radius 3 is 2.62 bits per heavy atom. The van der Waals surface area contributed by atoms with Crippen LogP contribution in [-0.4, -0.2) is 40.8 Å². The van der Waals surface area contributed by atoms with Crippen LogP contribution in [0, 0.1) is 0 Å². The predicted octanol–water partition coefficient (Wildman–Crippen LogP) is 2.84. The Hall–Kier alpha value is -4.12. The standard InChI is InChI=1S/C29H33BN4O5/c1-4-38-27-16-22(9-11-26(27)39-19(2)3)28(29(35)33-17-20-6-5-7-24(14-20)30(36)37)34(31)25-10-8-23-18-32-13-12-21(23)15-25/h5-16,18-19,28,36-37H,4,17,31H2,1-3H3,(H,33,35). The Morgan fingerprint density at radius 2 is 1.87 bits per heavy atom. The third-order valence-corrected chi connectivity index (χ3v) is 6.11. The van der Waals surface area contributed by atoms with Crippen LogP contribution >= 0.6 is 0 Å². The molecule has 1 atom stereocenters. The average molecular weight is 528 g/mol. The van der Waals surface area contributed by atoms with Gasteiger partial charge in [0.15, 0.2) is 11.5 Å². The van der Waals surface area contributed by atoms with Crippen molar-refractivity contribution in [1.82, 2.24) is 10.3 Å². The van der Waals surface area contributed by atoms with E-state index in [1.165, 1.54) is 5.01 Å². The van der Waals surface area contributed by atoms with E-state index in [-0.39, 0.29) is 18.6 Å². The fourth-order valence-electron chi connectivity index (χ4n) is 4.28. The van der Waals surface area contributed by atoms with Crippen molar-refractivity contribution in [3.8, 4) is 11.5 Å². The largest absolute Gasteiger partial charge is 0.490 e. The van der Waals surface area contributed by atoms with Gasteiger partial charge in [-0.2, -0.15) is 0 Å². The molecule has 39 heavy (non-hydrogen) atoms. The van der Waals surface area contributed by atoms with E-state index in [2.05, 4.69) is 10.3 Å². The van der Waals surface area contributed by atoms with Crippen LogP contribution in [0.5, 0.6) is 11.5 Å². The Morgan fingerprint density at radius 1 is 1.05 bits per heavy atom. The van der Waals surface area contributed by atoms with Gasteiger partial charge in [-0.3, -0.25) is 14.8 Å². The molecule has 10 heteroatoms. The normalized spacial score (nSPS) is 11.8. The summed E-state index contributed by atoms with van der Waals surface area (Å²) in [4.78, 5) is 17.9. The summed E-state index contributed by atoms with van der Waals surface area (Å²) in [7, 11) is -1.60. The highest BCUT2D eigenvalue weighted by Gasteiger charge is 2.28.